The number of aliphatic carboxylic acids is 1. The molecular weight excluding hydrogens is 206 g/mol. The van der Waals surface area contributed by atoms with Crippen LogP contribution in [0.2, 0.25) is 0 Å². The van der Waals surface area contributed by atoms with Crippen LogP contribution >= 0.6 is 0 Å². The number of amides is 1. The highest BCUT2D eigenvalue weighted by Gasteiger charge is 2.25. The van der Waals surface area contributed by atoms with Gasteiger partial charge in [0.1, 0.15) is 6.04 Å². The summed E-state index contributed by atoms with van der Waals surface area (Å²) in [6.45, 7) is 4.71. The summed E-state index contributed by atoms with van der Waals surface area (Å²) in [6.07, 6.45) is 0. The van der Waals surface area contributed by atoms with Gasteiger partial charge in [0, 0.05) is 12.6 Å². The van der Waals surface area contributed by atoms with Gasteiger partial charge in [-0.3, -0.25) is 9.69 Å². The third kappa shape index (κ3) is 2.39. The zero-order valence-electron chi connectivity index (χ0n) is 9.60. The van der Waals surface area contributed by atoms with Crippen molar-refractivity contribution in [2.45, 2.75) is 26.8 Å². The number of carboxylic acid groups (broad SMARTS) is 1. The molecule has 1 aromatic rings. The second-order valence-electron chi connectivity index (χ2n) is 3.69. The maximum atomic E-state index is 11.5. The Kier molecular flexibility index (Phi) is 3.66. The quantitative estimate of drug-likeness (QED) is 0.847. The number of nitrogens with zero attached hydrogens (tertiary/aromatic N) is 1. The van der Waals surface area contributed by atoms with E-state index >= 15 is 0 Å². The molecule has 1 amide bonds. The normalized spacial score (nSPS) is 11.9. The van der Waals surface area contributed by atoms with E-state index in [0.717, 1.165) is 5.56 Å². The molecule has 1 aromatic carbocycles. The molecule has 16 heavy (non-hydrogen) atoms. The van der Waals surface area contributed by atoms with Gasteiger partial charge in [-0.2, -0.15) is 0 Å². The highest BCUT2D eigenvalue weighted by molar-refractivity contribution is 5.98. The van der Waals surface area contributed by atoms with Crippen LogP contribution in [-0.2, 0) is 9.59 Å². The van der Waals surface area contributed by atoms with Crippen LogP contribution in [0.4, 0.5) is 5.69 Å². The molecule has 4 heteroatoms. The van der Waals surface area contributed by atoms with Crippen LogP contribution in [0.1, 0.15) is 19.4 Å². The van der Waals surface area contributed by atoms with E-state index in [0.29, 0.717) is 5.69 Å². The van der Waals surface area contributed by atoms with E-state index in [9.17, 15) is 9.59 Å². The Balaban J connectivity index is 3.18. The van der Waals surface area contributed by atoms with Crippen molar-refractivity contribution in [1.29, 1.82) is 0 Å². The minimum absolute atomic E-state index is 0.274. The first-order chi connectivity index (χ1) is 7.45. The van der Waals surface area contributed by atoms with E-state index in [1.807, 2.05) is 19.1 Å². The second-order valence-corrected chi connectivity index (χ2v) is 3.69. The highest BCUT2D eigenvalue weighted by Crippen LogP contribution is 2.21. The average molecular weight is 221 g/mol. The molecule has 1 rings (SSSR count). The van der Waals surface area contributed by atoms with Gasteiger partial charge in [-0.1, -0.05) is 18.2 Å². The van der Waals surface area contributed by atoms with Crippen LogP contribution in [0.3, 0.4) is 0 Å². The van der Waals surface area contributed by atoms with Gasteiger partial charge in [0.05, 0.1) is 0 Å². The molecule has 0 radical (unpaired) electrons. The number of hydrogen-bond donors (Lipinski definition) is 1. The minimum Gasteiger partial charge on any atom is -0.480 e. The maximum Gasteiger partial charge on any atom is 0.326 e. The molecule has 0 spiro atoms. The Hall–Kier alpha value is -1.84. The van der Waals surface area contributed by atoms with Crippen LogP contribution in [0.25, 0.3) is 0 Å². The van der Waals surface area contributed by atoms with Gasteiger partial charge < -0.3 is 5.11 Å². The van der Waals surface area contributed by atoms with Crippen LogP contribution in [0.15, 0.2) is 24.3 Å². The summed E-state index contributed by atoms with van der Waals surface area (Å²) in [7, 11) is 0. The first-order valence-electron chi connectivity index (χ1n) is 5.03. The third-order valence-electron chi connectivity index (χ3n) is 2.46. The minimum atomic E-state index is -1.02. The fourth-order valence-corrected chi connectivity index (χ4v) is 1.60. The van der Waals surface area contributed by atoms with Crippen LogP contribution in [0.5, 0.6) is 0 Å². The Morgan fingerprint density at radius 2 is 1.88 bits per heavy atom. The van der Waals surface area contributed by atoms with Gasteiger partial charge in [0.25, 0.3) is 0 Å². The van der Waals surface area contributed by atoms with E-state index in [1.165, 1.54) is 18.7 Å². The summed E-state index contributed by atoms with van der Waals surface area (Å²) in [4.78, 5) is 23.7. The number of rotatable bonds is 3. The van der Waals surface area contributed by atoms with Gasteiger partial charge in [-0.15, -0.1) is 0 Å². The monoisotopic (exact) mass is 221 g/mol. The lowest BCUT2D eigenvalue weighted by molar-refractivity contribution is -0.139. The van der Waals surface area contributed by atoms with Crippen molar-refractivity contribution in [3.8, 4) is 0 Å². The van der Waals surface area contributed by atoms with E-state index in [1.54, 1.807) is 12.1 Å². The first-order valence-corrected chi connectivity index (χ1v) is 5.03. The predicted octanol–water partition coefficient (Wildman–Crippen LogP) is 1.82. The Morgan fingerprint density at radius 1 is 1.31 bits per heavy atom. The van der Waals surface area contributed by atoms with E-state index < -0.39 is 12.0 Å². The van der Waals surface area contributed by atoms with E-state index in [-0.39, 0.29) is 5.91 Å². The van der Waals surface area contributed by atoms with Gasteiger partial charge in [0.15, 0.2) is 0 Å². The summed E-state index contributed by atoms with van der Waals surface area (Å²) >= 11 is 0. The number of carbonyl (C=O) groups is 2. The first kappa shape index (κ1) is 12.2. The lowest BCUT2D eigenvalue weighted by atomic mass is 10.1. The predicted molar refractivity (Wildman–Crippen MR) is 61.4 cm³/mol. The van der Waals surface area contributed by atoms with Crippen molar-refractivity contribution in [2.24, 2.45) is 0 Å². The van der Waals surface area contributed by atoms with E-state index in [4.69, 9.17) is 5.11 Å². The van der Waals surface area contributed by atoms with Crippen LogP contribution in [0, 0.1) is 6.92 Å². The zero-order chi connectivity index (χ0) is 12.3. The molecule has 0 aromatic heterocycles. The molecule has 0 saturated heterocycles. The molecule has 0 aliphatic heterocycles. The maximum absolute atomic E-state index is 11.5. The standard InChI is InChI=1S/C12H15NO3/c1-8-6-4-5-7-11(8)13(10(3)14)9(2)12(15)16/h4-7,9H,1-3H3,(H,15,16). The van der Waals surface area contributed by atoms with Crippen molar-refractivity contribution in [3.05, 3.63) is 29.8 Å². The molecule has 0 aliphatic rings. The Bertz CT molecular complexity index is 414. The largest absolute Gasteiger partial charge is 0.480 e. The number of benzene rings is 1. The number of carbonyl (C=O) groups excluding carboxylic acids is 1. The number of aryl methyl sites for hydroxylation is 1. The van der Waals surface area contributed by atoms with Crippen molar-refractivity contribution in [1.82, 2.24) is 0 Å². The Morgan fingerprint density at radius 3 is 2.31 bits per heavy atom. The molecule has 0 fully saturated rings. The number of carboxylic acids is 1. The van der Waals surface area contributed by atoms with Gasteiger partial charge in [-0.25, -0.2) is 4.79 Å². The summed E-state index contributed by atoms with van der Waals surface area (Å²) in [6, 6.07) is 6.37. The number of anilines is 1. The zero-order valence-corrected chi connectivity index (χ0v) is 9.60. The number of hydrogen-bond acceptors (Lipinski definition) is 2. The highest BCUT2D eigenvalue weighted by atomic mass is 16.4. The molecule has 0 saturated carbocycles. The fraction of sp³-hybridized carbons (Fsp3) is 0.333. The molecule has 0 bridgehead atoms. The molecule has 0 aliphatic carbocycles. The van der Waals surface area contributed by atoms with Crippen LogP contribution in [-0.4, -0.2) is 23.0 Å². The van der Waals surface area contributed by atoms with Gasteiger partial charge >= 0.3 is 5.97 Å². The number of para-hydroxylation sites is 1. The SMILES string of the molecule is CC(=O)N(c1ccccc1C)C(C)C(=O)O. The van der Waals surface area contributed by atoms with Crippen molar-refractivity contribution < 1.29 is 14.7 Å². The van der Waals surface area contributed by atoms with Crippen LogP contribution < -0.4 is 4.90 Å². The Labute approximate surface area is 94.5 Å². The molecular formula is C12H15NO3. The molecule has 1 atom stereocenters. The molecule has 1 unspecified atom stereocenters. The smallest absolute Gasteiger partial charge is 0.326 e. The lowest BCUT2D eigenvalue weighted by Crippen LogP contribution is -2.42. The lowest BCUT2D eigenvalue weighted by Gasteiger charge is -2.26. The molecule has 1 N–H and O–H groups in total. The van der Waals surface area contributed by atoms with Gasteiger partial charge in [0.2, 0.25) is 5.91 Å². The van der Waals surface area contributed by atoms with Crippen molar-refractivity contribution in [3.63, 3.8) is 0 Å². The molecule has 86 valence electrons. The van der Waals surface area contributed by atoms with Crippen molar-refractivity contribution >= 4 is 17.6 Å². The fourth-order valence-electron chi connectivity index (χ4n) is 1.60. The van der Waals surface area contributed by atoms with Crippen molar-refractivity contribution in [2.75, 3.05) is 4.90 Å². The van der Waals surface area contributed by atoms with E-state index in [2.05, 4.69) is 0 Å². The summed E-state index contributed by atoms with van der Waals surface area (Å²) < 4.78 is 0. The molecule has 0 heterocycles. The summed E-state index contributed by atoms with van der Waals surface area (Å²) in [5.41, 5.74) is 1.52. The summed E-state index contributed by atoms with van der Waals surface area (Å²) in [5, 5.41) is 8.96. The van der Waals surface area contributed by atoms with Gasteiger partial charge in [-0.05, 0) is 25.5 Å². The average Bonchev–Trinajstić information content (AvgIpc) is 2.20. The second kappa shape index (κ2) is 4.79. The molecule has 4 nitrogen and oxygen atoms in total. The third-order valence-corrected chi connectivity index (χ3v) is 2.46. The summed E-state index contributed by atoms with van der Waals surface area (Å²) in [5.74, 6) is -1.29. The topological polar surface area (TPSA) is 57.6 Å².